The van der Waals surface area contributed by atoms with E-state index in [9.17, 15) is 14.4 Å². The zero-order valence-electron chi connectivity index (χ0n) is 17.0. The third kappa shape index (κ3) is 4.05. The highest BCUT2D eigenvalue weighted by Gasteiger charge is 2.33. The molecule has 1 aliphatic carbocycles. The van der Waals surface area contributed by atoms with Gasteiger partial charge in [0, 0.05) is 5.56 Å². The number of methoxy groups -OCH3 is 2. The van der Waals surface area contributed by atoms with E-state index in [-0.39, 0.29) is 28.8 Å². The van der Waals surface area contributed by atoms with Crippen LogP contribution in [0.25, 0.3) is 16.9 Å². The Morgan fingerprint density at radius 2 is 1.65 bits per heavy atom. The van der Waals surface area contributed by atoms with Crippen LogP contribution in [0.1, 0.15) is 33.7 Å². The number of benzene rings is 2. The van der Waals surface area contributed by atoms with Gasteiger partial charge in [0.1, 0.15) is 17.0 Å². The lowest BCUT2D eigenvalue weighted by Gasteiger charge is -2.07. The van der Waals surface area contributed by atoms with Gasteiger partial charge in [0.15, 0.2) is 5.69 Å². The van der Waals surface area contributed by atoms with Crippen molar-refractivity contribution < 1.29 is 28.6 Å². The van der Waals surface area contributed by atoms with E-state index in [1.165, 1.54) is 18.9 Å². The summed E-state index contributed by atoms with van der Waals surface area (Å²) in [5, 5.41) is 4.53. The molecular formula is C23H20N2O6. The largest absolute Gasteiger partial charge is 0.465 e. The zero-order chi connectivity index (χ0) is 22.0. The van der Waals surface area contributed by atoms with E-state index in [4.69, 9.17) is 14.2 Å². The summed E-state index contributed by atoms with van der Waals surface area (Å²) in [4.78, 5) is 37.4. The lowest BCUT2D eigenvalue weighted by atomic mass is 10.1. The molecule has 158 valence electrons. The molecule has 1 saturated carbocycles. The van der Waals surface area contributed by atoms with Crippen LogP contribution in [0.4, 0.5) is 0 Å². The molecule has 0 amide bonds. The Labute approximate surface area is 178 Å². The Hall–Kier alpha value is -3.94. The van der Waals surface area contributed by atoms with Crippen LogP contribution in [0.2, 0.25) is 0 Å². The van der Waals surface area contributed by atoms with Crippen molar-refractivity contribution in [3.05, 3.63) is 65.9 Å². The van der Waals surface area contributed by atoms with Crippen LogP contribution >= 0.6 is 0 Å². The van der Waals surface area contributed by atoms with Gasteiger partial charge in [-0.2, -0.15) is 5.10 Å². The fourth-order valence-electron chi connectivity index (χ4n) is 3.18. The molecule has 0 unspecified atom stereocenters. The molecule has 0 saturated heterocycles. The second kappa shape index (κ2) is 8.43. The highest BCUT2D eigenvalue weighted by atomic mass is 16.5. The van der Waals surface area contributed by atoms with Crippen molar-refractivity contribution in [3.8, 4) is 22.7 Å². The summed E-state index contributed by atoms with van der Waals surface area (Å²) in [5.74, 6) is -1.48. The van der Waals surface area contributed by atoms with Gasteiger partial charge < -0.3 is 14.2 Å². The van der Waals surface area contributed by atoms with Gasteiger partial charge >= 0.3 is 17.9 Å². The second-order valence-corrected chi connectivity index (χ2v) is 7.03. The molecule has 0 atom stereocenters. The van der Waals surface area contributed by atoms with Gasteiger partial charge in [0.05, 0.1) is 25.8 Å². The minimum Gasteiger partial charge on any atom is -0.465 e. The van der Waals surface area contributed by atoms with Gasteiger partial charge in [0.25, 0.3) is 0 Å². The van der Waals surface area contributed by atoms with E-state index in [0.717, 1.165) is 12.8 Å². The molecule has 1 heterocycles. The molecule has 0 aliphatic heterocycles. The maximum Gasteiger partial charge on any atom is 0.357 e. The smallest absolute Gasteiger partial charge is 0.357 e. The Morgan fingerprint density at radius 3 is 2.29 bits per heavy atom. The minimum absolute atomic E-state index is 0.0381. The molecule has 4 rings (SSSR count). The van der Waals surface area contributed by atoms with Crippen LogP contribution in [0.3, 0.4) is 0 Å². The van der Waals surface area contributed by atoms with Gasteiger partial charge in [-0.3, -0.25) is 4.79 Å². The predicted octanol–water partition coefficient (Wildman–Crippen LogP) is 3.43. The number of ether oxygens (including phenoxy) is 3. The molecule has 8 nitrogen and oxygen atoms in total. The van der Waals surface area contributed by atoms with Crippen molar-refractivity contribution >= 4 is 17.9 Å². The number of hydrogen-bond donors (Lipinski definition) is 0. The first kappa shape index (κ1) is 20.3. The molecule has 0 bridgehead atoms. The molecule has 0 spiro atoms. The number of nitrogens with zero attached hydrogens (tertiary/aromatic N) is 2. The van der Waals surface area contributed by atoms with Crippen molar-refractivity contribution in [2.24, 2.45) is 5.92 Å². The molecule has 8 heteroatoms. The number of para-hydroxylation sites is 1. The monoisotopic (exact) mass is 420 g/mol. The molecule has 2 aromatic carbocycles. The first-order chi connectivity index (χ1) is 15.0. The fraction of sp³-hybridized carbons (Fsp3) is 0.217. The summed E-state index contributed by atoms with van der Waals surface area (Å²) in [6, 6.07) is 15.5. The molecule has 0 N–H and O–H groups in total. The molecule has 1 aromatic heterocycles. The van der Waals surface area contributed by atoms with E-state index in [1.807, 2.05) is 6.07 Å². The normalized spacial score (nSPS) is 12.8. The van der Waals surface area contributed by atoms with Crippen LogP contribution in [-0.4, -0.2) is 41.9 Å². The summed E-state index contributed by atoms with van der Waals surface area (Å²) in [5.41, 5.74) is 1.16. The van der Waals surface area contributed by atoms with Crippen LogP contribution in [-0.2, 0) is 14.3 Å². The first-order valence-electron chi connectivity index (χ1n) is 9.70. The number of carbonyl (C=O) groups is 3. The average Bonchev–Trinajstić information content (AvgIpc) is 3.58. The second-order valence-electron chi connectivity index (χ2n) is 7.03. The van der Waals surface area contributed by atoms with E-state index in [2.05, 4.69) is 5.10 Å². The fourth-order valence-corrected chi connectivity index (χ4v) is 3.18. The summed E-state index contributed by atoms with van der Waals surface area (Å²) in [6.07, 6.45) is 1.66. The number of rotatable bonds is 6. The summed E-state index contributed by atoms with van der Waals surface area (Å²) < 4.78 is 16.6. The van der Waals surface area contributed by atoms with E-state index >= 15 is 0 Å². The predicted molar refractivity (Wildman–Crippen MR) is 110 cm³/mol. The molecule has 31 heavy (non-hydrogen) atoms. The van der Waals surface area contributed by atoms with Gasteiger partial charge in [-0.1, -0.05) is 30.3 Å². The van der Waals surface area contributed by atoms with Crippen molar-refractivity contribution in [1.82, 2.24) is 9.78 Å². The average molecular weight is 420 g/mol. The highest BCUT2D eigenvalue weighted by Crippen LogP contribution is 2.33. The Bertz CT molecular complexity index is 1150. The molecule has 3 aromatic rings. The van der Waals surface area contributed by atoms with Crippen LogP contribution in [0, 0.1) is 5.92 Å². The summed E-state index contributed by atoms with van der Waals surface area (Å²) >= 11 is 0. The van der Waals surface area contributed by atoms with Crippen LogP contribution in [0.5, 0.6) is 5.75 Å². The Kier molecular flexibility index (Phi) is 5.53. The van der Waals surface area contributed by atoms with Gasteiger partial charge in [-0.05, 0) is 37.1 Å². The highest BCUT2D eigenvalue weighted by molar-refractivity contribution is 6.06. The van der Waals surface area contributed by atoms with Crippen molar-refractivity contribution in [1.29, 1.82) is 0 Å². The SMILES string of the molecule is COC(=O)c1c(-c2cccc(OC(=O)C3CC3)c2)nn(-c2ccccc2)c1C(=O)OC. The van der Waals surface area contributed by atoms with E-state index in [1.54, 1.807) is 48.5 Å². The quantitative estimate of drug-likeness (QED) is 0.445. The number of aromatic nitrogens is 2. The zero-order valence-corrected chi connectivity index (χ0v) is 17.0. The third-order valence-electron chi connectivity index (χ3n) is 4.89. The third-order valence-corrected chi connectivity index (χ3v) is 4.89. The van der Waals surface area contributed by atoms with Crippen LogP contribution in [0.15, 0.2) is 54.6 Å². The Morgan fingerprint density at radius 1 is 0.935 bits per heavy atom. The molecular weight excluding hydrogens is 400 g/mol. The van der Waals surface area contributed by atoms with E-state index < -0.39 is 11.9 Å². The van der Waals surface area contributed by atoms with Crippen molar-refractivity contribution in [2.75, 3.05) is 14.2 Å². The van der Waals surface area contributed by atoms with E-state index in [0.29, 0.717) is 17.0 Å². The van der Waals surface area contributed by atoms with Crippen molar-refractivity contribution in [2.45, 2.75) is 12.8 Å². The van der Waals surface area contributed by atoms with Crippen LogP contribution < -0.4 is 4.74 Å². The maximum atomic E-state index is 12.7. The maximum absolute atomic E-state index is 12.7. The van der Waals surface area contributed by atoms with Crippen molar-refractivity contribution in [3.63, 3.8) is 0 Å². The van der Waals surface area contributed by atoms with Gasteiger partial charge in [-0.15, -0.1) is 0 Å². The first-order valence-corrected chi connectivity index (χ1v) is 9.70. The Balaban J connectivity index is 1.87. The summed E-state index contributed by atoms with van der Waals surface area (Å²) in [7, 11) is 2.45. The van der Waals surface area contributed by atoms with Gasteiger partial charge in [0.2, 0.25) is 0 Å². The molecule has 0 radical (unpaired) electrons. The number of hydrogen-bond acceptors (Lipinski definition) is 7. The molecule has 1 aliphatic rings. The standard InChI is InChI=1S/C23H20N2O6/c1-29-22(27)18-19(15-7-6-10-17(13-15)31-21(26)14-11-12-14)24-25(20(18)23(28)30-2)16-8-4-3-5-9-16/h3-10,13-14H,11-12H2,1-2H3. The topological polar surface area (TPSA) is 96.7 Å². The minimum atomic E-state index is -0.738. The number of esters is 3. The lowest BCUT2D eigenvalue weighted by molar-refractivity contribution is -0.135. The summed E-state index contributed by atoms with van der Waals surface area (Å²) in [6.45, 7) is 0. The molecule has 1 fully saturated rings. The lowest BCUT2D eigenvalue weighted by Crippen LogP contribution is -2.15. The number of carbonyl (C=O) groups excluding carboxylic acids is 3. The van der Waals surface area contributed by atoms with Gasteiger partial charge in [-0.25, -0.2) is 14.3 Å².